The summed E-state index contributed by atoms with van der Waals surface area (Å²) in [4.78, 5) is 47.6. The molecule has 0 fully saturated rings. The van der Waals surface area contributed by atoms with Crippen molar-refractivity contribution in [3.8, 4) is 11.5 Å². The Hall–Kier alpha value is -1.93. The minimum atomic E-state index is -0.301. The third-order valence-corrected chi connectivity index (χ3v) is 9.44. The van der Waals surface area contributed by atoms with Crippen LogP contribution in [0.1, 0.15) is 237 Å². The topological polar surface area (TPSA) is 122 Å². The van der Waals surface area contributed by atoms with E-state index in [4.69, 9.17) is 28.5 Å². The number of ether oxygens (including phenoxy) is 4. The zero-order valence-electron chi connectivity index (χ0n) is 57.9. The Morgan fingerprint density at radius 2 is 0.881 bits per heavy atom. The van der Waals surface area contributed by atoms with Crippen LogP contribution in [0.5, 0.6) is 11.5 Å². The molecule has 0 amide bonds. The fourth-order valence-corrected chi connectivity index (χ4v) is 5.51. The molecular weight excluding hydrogens is 1350 g/mol. The van der Waals surface area contributed by atoms with Gasteiger partial charge >= 0.3 is 11.9 Å². The van der Waals surface area contributed by atoms with E-state index < -0.39 is 0 Å². The van der Waals surface area contributed by atoms with Gasteiger partial charge in [-0.1, -0.05) is 184 Å². The van der Waals surface area contributed by atoms with Crippen molar-refractivity contribution in [1.82, 2.24) is 0 Å². The molecule has 0 saturated heterocycles. The molecule has 468 valence electrons. The van der Waals surface area contributed by atoms with Gasteiger partial charge < -0.3 is 40.4 Å². The van der Waals surface area contributed by atoms with Crippen LogP contribution in [-0.4, -0.2) is 32.0 Å². The van der Waals surface area contributed by atoms with E-state index in [2.05, 4.69) is 155 Å². The van der Waals surface area contributed by atoms with Crippen molar-refractivity contribution in [2.45, 2.75) is 230 Å². The molecule has 4 aromatic rings. The molecule has 4 rings (SSSR count). The number of benzene rings is 4. The van der Waals surface area contributed by atoms with Gasteiger partial charge in [0.05, 0.1) is 11.9 Å². The molecule has 4 radical (unpaired) electrons. The van der Waals surface area contributed by atoms with Gasteiger partial charge in [0.15, 0.2) is 0 Å². The van der Waals surface area contributed by atoms with Crippen LogP contribution in [-0.2, 0) is 175 Å². The summed E-state index contributed by atoms with van der Waals surface area (Å²) in [6.45, 7) is 74.4. The zero-order chi connectivity index (χ0) is 64.9. The largest absolute Gasteiger partial charge is 0.545 e. The van der Waals surface area contributed by atoms with Crippen molar-refractivity contribution in [3.63, 3.8) is 0 Å². The van der Waals surface area contributed by atoms with E-state index in [0.29, 0.717) is 18.0 Å². The first kappa shape index (κ1) is 110. The Bertz CT molecular complexity index is 2180. The molecule has 0 spiro atoms. The third kappa shape index (κ3) is 63.1. The van der Waals surface area contributed by atoms with Gasteiger partial charge in [0.1, 0.15) is 17.6 Å². The number of allylic oxidation sites excluding steroid dienone is 3. The van der Waals surface area contributed by atoms with Gasteiger partial charge in [0.2, 0.25) is 0 Å². The van der Waals surface area contributed by atoms with Crippen LogP contribution in [0.4, 0.5) is 0 Å². The van der Waals surface area contributed by atoms with E-state index in [1.807, 2.05) is 138 Å². The summed E-state index contributed by atoms with van der Waals surface area (Å²) < 4.78 is 20.7. The van der Waals surface area contributed by atoms with E-state index in [-0.39, 0.29) is 166 Å². The molecule has 2 unspecified atom stereocenters. The fraction of sp³-hybridized carbons (Fsp3) is 0.479. The maximum atomic E-state index is 11.0. The van der Waals surface area contributed by atoms with E-state index in [1.165, 1.54) is 44.1 Å². The average molecular weight is 1470 g/mol. The molecule has 0 aliphatic heterocycles. The smallest absolute Gasteiger partial charge is 0.308 e. The van der Waals surface area contributed by atoms with Crippen LogP contribution in [0, 0.1) is 44.7 Å². The Morgan fingerprint density at radius 3 is 1.18 bits per heavy atom. The minimum absolute atomic E-state index is 0. The summed E-state index contributed by atoms with van der Waals surface area (Å²) in [6, 6.07) is 31.4. The normalized spacial score (nSPS) is 9.50. The van der Waals surface area contributed by atoms with Gasteiger partial charge in [-0.2, -0.15) is 101 Å². The monoisotopic (exact) mass is 1460 g/mol. The van der Waals surface area contributed by atoms with Crippen molar-refractivity contribution in [3.05, 3.63) is 178 Å². The summed E-state index contributed by atoms with van der Waals surface area (Å²) >= 11 is 0. The zero-order valence-corrected chi connectivity index (χ0v) is 69.3. The molecule has 0 aliphatic rings. The van der Waals surface area contributed by atoms with Crippen molar-refractivity contribution in [2.24, 2.45) is 0 Å². The number of rotatable bonds is 12. The average Bonchev–Trinajstić information content (AvgIpc) is 3.36. The number of esters is 2. The van der Waals surface area contributed by atoms with Crippen LogP contribution in [0.3, 0.4) is 0 Å². The Labute approximate surface area is 618 Å². The van der Waals surface area contributed by atoms with Crippen LogP contribution in [0.2, 0.25) is 0 Å². The maximum absolute atomic E-state index is 11.0. The molecule has 0 bridgehead atoms. The molecule has 0 aliphatic carbocycles. The quantitative estimate of drug-likeness (QED) is 0.0341. The molecule has 13 heteroatoms. The van der Waals surface area contributed by atoms with Gasteiger partial charge in [0, 0.05) is 167 Å². The van der Waals surface area contributed by atoms with Gasteiger partial charge in [-0.3, -0.25) is 28.0 Å². The first-order valence-electron chi connectivity index (χ1n) is 27.5. The second kappa shape index (κ2) is 70.2. The number of para-hydroxylation sites is 2. The van der Waals surface area contributed by atoms with Crippen molar-refractivity contribution < 1.29 is 174 Å². The first-order chi connectivity index (χ1) is 37.2. The van der Waals surface area contributed by atoms with Crippen LogP contribution in [0.25, 0.3) is 0 Å². The molecule has 4 aromatic carbocycles. The standard InChI is InChI=1S/C14H18O2.C13H16O2.C13H17O.C11H13O2.2C4H9.2C3H8.2C2H6.2CHO.4Y/c1-10(2)14(4,5)12-8-6-7-9-13(12)16-11(3)15;1-10(2)13(3,4)11-7-5-6-8-12(11)15-9-14;1-9(2)14-12(5)13-7-10(3)6-11(4)8-13;1-8-5-4-6-11(7-8)9(2)13-10(3)12;2*1-4(2)3;2*1-3-2;4*1-2;;;;/h6-9H,1H2,2-5H3;5-9H,1H2,2-4H3;7-8,12H,1H2,2-5H3;4-6,9H,1-3H3;2*1-3H3;2*3H2,1-2H3;2*1-2H3;2*1H;;;;/q;;4*-1;;;;;2*-1;;;;. The Morgan fingerprint density at radius 1 is 0.548 bits per heavy atom. The van der Waals surface area contributed by atoms with E-state index >= 15 is 0 Å². The molecule has 84 heavy (non-hydrogen) atoms. The Balaban J connectivity index is -0.0000000726. The predicted octanol–water partition coefficient (Wildman–Crippen LogP) is 20.2. The van der Waals surface area contributed by atoms with Gasteiger partial charge in [-0.15, -0.1) is 11.1 Å². The minimum Gasteiger partial charge on any atom is -0.545 e. The van der Waals surface area contributed by atoms with Gasteiger partial charge in [-0.05, 0) is 46.8 Å². The second-order valence-electron chi connectivity index (χ2n) is 19.8. The van der Waals surface area contributed by atoms with Crippen molar-refractivity contribution >= 4 is 32.0 Å². The molecule has 0 heterocycles. The summed E-state index contributed by atoms with van der Waals surface area (Å²) in [5.41, 5.74) is 9.08. The molecule has 0 N–H and O–H groups in total. The number of hydrogen-bond donors (Lipinski definition) is 0. The number of carbonyl (C=O) groups is 3. The maximum Gasteiger partial charge on any atom is 0.308 e. The van der Waals surface area contributed by atoms with E-state index in [0.717, 1.165) is 50.3 Å². The summed E-state index contributed by atoms with van der Waals surface area (Å²) in [7, 11) is 0. The molecule has 2 atom stereocenters. The number of hydrogen-bond acceptors (Lipinski definition) is 9. The van der Waals surface area contributed by atoms with Crippen molar-refractivity contribution in [2.75, 3.05) is 0 Å². The van der Waals surface area contributed by atoms with Crippen molar-refractivity contribution in [1.29, 1.82) is 0 Å². The number of carbonyl (C=O) groups excluding carboxylic acids is 5. The fourth-order valence-electron chi connectivity index (χ4n) is 5.51. The summed E-state index contributed by atoms with van der Waals surface area (Å²) in [5.74, 6) is 4.23. The molecule has 9 nitrogen and oxygen atoms in total. The van der Waals surface area contributed by atoms with Gasteiger partial charge in [0.25, 0.3) is 6.47 Å². The molecule has 0 aromatic heterocycles. The van der Waals surface area contributed by atoms with Crippen LogP contribution in [0.15, 0.2) is 116 Å². The molecule has 0 saturated carbocycles. The first-order valence-corrected chi connectivity index (χ1v) is 27.5. The van der Waals surface area contributed by atoms with E-state index in [1.54, 1.807) is 12.1 Å². The predicted molar refractivity (Wildman–Crippen MR) is 344 cm³/mol. The Kier molecular flexibility index (Phi) is 91.8. The van der Waals surface area contributed by atoms with E-state index in [9.17, 15) is 14.4 Å². The van der Waals surface area contributed by atoms with Crippen LogP contribution >= 0.6 is 0 Å². The SMILES string of the molecule is C=C(C)C(C)(C)c1ccccc1OC(C)=O.C=C(C)C(C)(C)c1ccccc1OC=O.C=C(C)OC(C)c1cc(C)[c-]c(C)c1.CC.CC.CC(=O)OC(C)c1[c-]c(C)ccc1.CCC.CCC.C[C-](C)C.C[C-](C)C.[CH-]=O.[CH-]=O.[Y].[Y].[Y].[Y]. The summed E-state index contributed by atoms with van der Waals surface area (Å²) in [5, 5.41) is 0. The number of aryl methyl sites for hydroxylation is 3. The summed E-state index contributed by atoms with van der Waals surface area (Å²) in [6.07, 6.45) is 2.36. The van der Waals surface area contributed by atoms with Crippen LogP contribution < -0.4 is 9.47 Å². The molecular formula is C71H112O9Y4-6. The third-order valence-electron chi connectivity index (χ3n) is 9.44. The second-order valence-corrected chi connectivity index (χ2v) is 19.8. The van der Waals surface area contributed by atoms with Gasteiger partial charge in [-0.25, -0.2) is 0 Å².